The van der Waals surface area contributed by atoms with Crippen molar-refractivity contribution in [3.63, 3.8) is 0 Å². The highest BCUT2D eigenvalue weighted by atomic mass is 16.5. The number of hydrogen-bond acceptors (Lipinski definition) is 4. The van der Waals surface area contributed by atoms with Gasteiger partial charge in [-0.1, -0.05) is 0 Å². The zero-order valence-electron chi connectivity index (χ0n) is 7.13. The van der Waals surface area contributed by atoms with Crippen molar-refractivity contribution in [2.24, 2.45) is 5.73 Å². The van der Waals surface area contributed by atoms with Gasteiger partial charge in [0.25, 0.3) is 0 Å². The van der Waals surface area contributed by atoms with E-state index in [0.717, 1.165) is 0 Å². The molecule has 3 N–H and O–H groups in total. The van der Waals surface area contributed by atoms with E-state index in [0.29, 0.717) is 0 Å². The second kappa shape index (κ2) is 3.69. The van der Waals surface area contributed by atoms with Gasteiger partial charge < -0.3 is 15.6 Å². The second-order valence-electron chi connectivity index (χ2n) is 2.88. The Morgan fingerprint density at radius 2 is 2.18 bits per heavy atom. The maximum absolute atomic E-state index is 10.9. The van der Waals surface area contributed by atoms with Crippen LogP contribution in [0.15, 0.2) is 0 Å². The fourth-order valence-corrected chi connectivity index (χ4v) is 0.520. The minimum absolute atomic E-state index is 0.280. The first-order valence-electron chi connectivity index (χ1n) is 3.54. The van der Waals surface area contributed by atoms with Gasteiger partial charge in [-0.3, -0.25) is 4.79 Å². The Balaban J connectivity index is 4.03. The van der Waals surface area contributed by atoms with Crippen LogP contribution in [0.2, 0.25) is 0 Å². The highest BCUT2D eigenvalue weighted by Crippen LogP contribution is 2.06. The molecule has 0 saturated carbocycles. The maximum Gasteiger partial charge on any atom is 0.325 e. The molecule has 0 amide bonds. The Morgan fingerprint density at radius 1 is 1.73 bits per heavy atom. The molecule has 0 saturated heterocycles. The summed E-state index contributed by atoms with van der Waals surface area (Å²) in [7, 11) is 0. The summed E-state index contributed by atoms with van der Waals surface area (Å²) in [4.78, 5) is 10.9. The van der Waals surface area contributed by atoms with E-state index in [1.54, 1.807) is 6.92 Å². The summed E-state index contributed by atoms with van der Waals surface area (Å²) in [6.45, 7) is 4.90. The number of ether oxygens (including phenoxy) is 1. The zero-order chi connectivity index (χ0) is 9.07. The zero-order valence-corrected chi connectivity index (χ0v) is 7.13. The smallest absolute Gasteiger partial charge is 0.325 e. The van der Waals surface area contributed by atoms with Crippen molar-refractivity contribution in [2.45, 2.75) is 32.4 Å². The van der Waals surface area contributed by atoms with E-state index in [-0.39, 0.29) is 6.61 Å². The first kappa shape index (κ1) is 10.4. The third-order valence-corrected chi connectivity index (χ3v) is 1.30. The Morgan fingerprint density at radius 3 is 2.45 bits per heavy atom. The first-order valence-corrected chi connectivity index (χ1v) is 3.54. The van der Waals surface area contributed by atoms with Crippen molar-refractivity contribution in [1.29, 1.82) is 0 Å². The molecule has 0 aromatic rings. The molecule has 1 atom stereocenters. The summed E-state index contributed by atoms with van der Waals surface area (Å²) in [5.74, 6) is -0.569. The van der Waals surface area contributed by atoms with Crippen LogP contribution >= 0.6 is 0 Å². The second-order valence-corrected chi connectivity index (χ2v) is 2.88. The molecule has 4 heteroatoms. The number of aliphatic hydroxyl groups is 1. The molecular formula is C7H15NO3. The lowest BCUT2D eigenvalue weighted by Gasteiger charge is -2.23. The van der Waals surface area contributed by atoms with Gasteiger partial charge in [-0.15, -0.1) is 0 Å². The van der Waals surface area contributed by atoms with E-state index in [1.807, 2.05) is 0 Å². The van der Waals surface area contributed by atoms with Crippen LogP contribution in [0.4, 0.5) is 0 Å². The van der Waals surface area contributed by atoms with Crippen LogP contribution in [0.3, 0.4) is 0 Å². The molecule has 11 heavy (non-hydrogen) atoms. The molecule has 0 unspecified atom stereocenters. The van der Waals surface area contributed by atoms with Crippen molar-refractivity contribution in [1.82, 2.24) is 0 Å². The van der Waals surface area contributed by atoms with Crippen molar-refractivity contribution in [3.05, 3.63) is 0 Å². The number of hydrogen-bond donors (Lipinski definition) is 2. The van der Waals surface area contributed by atoms with E-state index in [4.69, 9.17) is 5.73 Å². The standard InChI is InChI=1S/C7H15NO3/c1-4-11-6(9)5(8)7(2,3)10/h5,10H,4,8H2,1-3H3/t5-/m0/s1. The van der Waals surface area contributed by atoms with E-state index in [1.165, 1.54) is 13.8 Å². The molecule has 0 fully saturated rings. The van der Waals surface area contributed by atoms with Crippen molar-refractivity contribution >= 4 is 5.97 Å². The minimum atomic E-state index is -1.22. The van der Waals surface area contributed by atoms with Gasteiger partial charge in [0.15, 0.2) is 0 Å². The maximum atomic E-state index is 10.9. The van der Waals surface area contributed by atoms with Gasteiger partial charge in [-0.2, -0.15) is 0 Å². The number of esters is 1. The quantitative estimate of drug-likeness (QED) is 0.555. The normalized spacial score (nSPS) is 14.3. The monoisotopic (exact) mass is 161 g/mol. The van der Waals surface area contributed by atoms with Gasteiger partial charge in [0.1, 0.15) is 6.04 Å². The number of carbonyl (C=O) groups is 1. The molecule has 0 bridgehead atoms. The van der Waals surface area contributed by atoms with E-state index < -0.39 is 17.6 Å². The summed E-state index contributed by atoms with van der Waals surface area (Å²) < 4.78 is 4.61. The van der Waals surface area contributed by atoms with Gasteiger partial charge in [0, 0.05) is 0 Å². The highest BCUT2D eigenvalue weighted by molar-refractivity contribution is 5.76. The molecule has 0 radical (unpaired) electrons. The lowest BCUT2D eigenvalue weighted by atomic mass is 10.0. The largest absolute Gasteiger partial charge is 0.465 e. The van der Waals surface area contributed by atoms with Crippen LogP contribution in [0.1, 0.15) is 20.8 Å². The summed E-state index contributed by atoms with van der Waals surface area (Å²) in [5, 5.41) is 9.26. The summed E-state index contributed by atoms with van der Waals surface area (Å²) in [6, 6.07) is -0.970. The van der Waals surface area contributed by atoms with Crippen molar-refractivity contribution in [3.8, 4) is 0 Å². The molecule has 0 spiro atoms. The van der Waals surface area contributed by atoms with E-state index in [9.17, 15) is 9.90 Å². The summed E-state index contributed by atoms with van der Waals surface area (Å²) >= 11 is 0. The Bertz CT molecular complexity index is 139. The summed E-state index contributed by atoms with van der Waals surface area (Å²) in [5.41, 5.74) is 4.14. The molecule has 0 aromatic carbocycles. The fourth-order valence-electron chi connectivity index (χ4n) is 0.520. The third-order valence-electron chi connectivity index (χ3n) is 1.30. The van der Waals surface area contributed by atoms with Crippen LogP contribution in [-0.4, -0.2) is 29.3 Å². The van der Waals surface area contributed by atoms with Gasteiger partial charge in [0.2, 0.25) is 0 Å². The first-order chi connectivity index (χ1) is 4.89. The molecular weight excluding hydrogens is 146 g/mol. The van der Waals surface area contributed by atoms with Crippen LogP contribution in [0, 0.1) is 0 Å². The van der Waals surface area contributed by atoms with Crippen molar-refractivity contribution in [2.75, 3.05) is 6.61 Å². The molecule has 66 valence electrons. The Hall–Kier alpha value is -0.610. The third kappa shape index (κ3) is 3.34. The summed E-state index contributed by atoms with van der Waals surface area (Å²) in [6.07, 6.45) is 0. The molecule has 0 aliphatic heterocycles. The van der Waals surface area contributed by atoms with E-state index in [2.05, 4.69) is 4.74 Å². The molecule has 4 nitrogen and oxygen atoms in total. The minimum Gasteiger partial charge on any atom is -0.465 e. The predicted octanol–water partition coefficient (Wildman–Crippen LogP) is -0.352. The molecule has 0 aliphatic carbocycles. The molecule has 0 rings (SSSR count). The van der Waals surface area contributed by atoms with Gasteiger partial charge in [0.05, 0.1) is 12.2 Å². The number of nitrogens with two attached hydrogens (primary N) is 1. The number of rotatable bonds is 3. The van der Waals surface area contributed by atoms with Crippen molar-refractivity contribution < 1.29 is 14.6 Å². The topological polar surface area (TPSA) is 72.5 Å². The van der Waals surface area contributed by atoms with Crippen LogP contribution < -0.4 is 5.73 Å². The predicted molar refractivity (Wildman–Crippen MR) is 40.9 cm³/mol. The SMILES string of the molecule is CCOC(=O)[C@H](N)C(C)(C)O. The van der Waals surface area contributed by atoms with E-state index >= 15 is 0 Å². The lowest BCUT2D eigenvalue weighted by molar-refractivity contribution is -0.150. The molecule has 0 heterocycles. The number of carbonyl (C=O) groups excluding carboxylic acids is 1. The molecule has 0 aliphatic rings. The van der Waals surface area contributed by atoms with Crippen LogP contribution in [0.5, 0.6) is 0 Å². The average Bonchev–Trinajstić information content (AvgIpc) is 1.85. The lowest BCUT2D eigenvalue weighted by Crippen LogP contribution is -2.49. The van der Waals surface area contributed by atoms with Gasteiger partial charge in [-0.05, 0) is 20.8 Å². The van der Waals surface area contributed by atoms with Crippen LogP contribution in [0.25, 0.3) is 0 Å². The van der Waals surface area contributed by atoms with Crippen LogP contribution in [-0.2, 0) is 9.53 Å². The van der Waals surface area contributed by atoms with Gasteiger partial charge in [-0.25, -0.2) is 0 Å². The average molecular weight is 161 g/mol. The molecule has 0 aromatic heterocycles. The van der Waals surface area contributed by atoms with Gasteiger partial charge >= 0.3 is 5.97 Å². The highest BCUT2D eigenvalue weighted by Gasteiger charge is 2.30. The Labute approximate surface area is 66.3 Å². The fraction of sp³-hybridized carbons (Fsp3) is 0.857. The Kier molecular flexibility index (Phi) is 3.48.